The maximum Gasteiger partial charge on any atom is 0.229 e. The Bertz CT molecular complexity index is 936. The summed E-state index contributed by atoms with van der Waals surface area (Å²) in [5.74, 6) is 1.09. The normalized spacial score (nSPS) is 14.0. The Hall–Kier alpha value is -2.79. The van der Waals surface area contributed by atoms with E-state index in [1.165, 1.54) is 24.9 Å². The number of nitrogens with zero attached hydrogens (tertiary/aromatic N) is 3. The largest absolute Gasteiger partial charge is 0.372 e. The molecule has 5 nitrogen and oxygen atoms in total. The second kappa shape index (κ2) is 8.48. The molecule has 144 valence electrons. The average Bonchev–Trinajstić information content (AvgIpc) is 2.73. The van der Waals surface area contributed by atoms with Crippen molar-refractivity contribution < 1.29 is 0 Å². The van der Waals surface area contributed by atoms with Crippen LogP contribution in [-0.4, -0.2) is 23.1 Å². The van der Waals surface area contributed by atoms with E-state index in [4.69, 9.17) is 11.6 Å². The van der Waals surface area contributed by atoms with E-state index in [9.17, 15) is 0 Å². The van der Waals surface area contributed by atoms with Crippen molar-refractivity contribution in [2.24, 2.45) is 0 Å². The van der Waals surface area contributed by atoms with Crippen molar-refractivity contribution in [1.82, 2.24) is 9.97 Å². The van der Waals surface area contributed by atoms with Crippen molar-refractivity contribution in [2.45, 2.75) is 26.2 Å². The van der Waals surface area contributed by atoms with Crippen LogP contribution in [0.3, 0.4) is 0 Å². The van der Waals surface area contributed by atoms with Crippen LogP contribution in [-0.2, 0) is 0 Å². The molecule has 0 saturated carbocycles. The van der Waals surface area contributed by atoms with Gasteiger partial charge in [0.2, 0.25) is 5.95 Å². The highest BCUT2D eigenvalue weighted by Crippen LogP contribution is 2.27. The fraction of sp³-hybridized carbons (Fsp3) is 0.273. The standard InChI is InChI=1S/C22H24ClN5/c1-16-7-3-4-8-20(16)26-21-19(23)15-24-22(27-21)25-17-9-11-18(12-10-17)28-13-5-2-6-14-28/h3-4,7-12,15H,2,5-6,13-14H2,1H3,(H2,24,25,26,27). The monoisotopic (exact) mass is 393 g/mol. The third-order valence-corrected chi connectivity index (χ3v) is 5.26. The highest BCUT2D eigenvalue weighted by molar-refractivity contribution is 6.32. The van der Waals surface area contributed by atoms with Gasteiger partial charge in [0, 0.05) is 30.2 Å². The Labute approximate surface area is 170 Å². The SMILES string of the molecule is Cc1ccccc1Nc1nc(Nc2ccc(N3CCCCC3)cc2)ncc1Cl. The molecular weight excluding hydrogens is 370 g/mol. The molecule has 2 aromatic carbocycles. The van der Waals surface area contributed by atoms with Gasteiger partial charge in [-0.25, -0.2) is 4.98 Å². The summed E-state index contributed by atoms with van der Waals surface area (Å²) in [5.41, 5.74) is 4.31. The van der Waals surface area contributed by atoms with Gasteiger partial charge < -0.3 is 15.5 Å². The minimum Gasteiger partial charge on any atom is -0.372 e. The van der Waals surface area contributed by atoms with Crippen LogP contribution < -0.4 is 15.5 Å². The predicted molar refractivity (Wildman–Crippen MR) is 117 cm³/mol. The summed E-state index contributed by atoms with van der Waals surface area (Å²) >= 11 is 6.29. The van der Waals surface area contributed by atoms with Gasteiger partial charge in [-0.3, -0.25) is 0 Å². The minimum atomic E-state index is 0.481. The highest BCUT2D eigenvalue weighted by Gasteiger charge is 2.11. The summed E-state index contributed by atoms with van der Waals surface area (Å²) in [6.07, 6.45) is 5.49. The molecule has 1 saturated heterocycles. The van der Waals surface area contributed by atoms with Crippen LogP contribution in [0.2, 0.25) is 5.02 Å². The molecule has 0 amide bonds. The van der Waals surface area contributed by atoms with E-state index in [1.807, 2.05) is 31.2 Å². The van der Waals surface area contributed by atoms with Gasteiger partial charge in [0.25, 0.3) is 0 Å². The van der Waals surface area contributed by atoms with Crippen LogP contribution in [0.5, 0.6) is 0 Å². The second-order valence-corrected chi connectivity index (χ2v) is 7.46. The van der Waals surface area contributed by atoms with Crippen LogP contribution in [0.1, 0.15) is 24.8 Å². The summed E-state index contributed by atoms with van der Waals surface area (Å²) < 4.78 is 0. The maximum absolute atomic E-state index is 6.29. The first-order valence-corrected chi connectivity index (χ1v) is 10.0. The molecule has 1 fully saturated rings. The van der Waals surface area contributed by atoms with Gasteiger partial charge in [0.15, 0.2) is 5.82 Å². The Morgan fingerprint density at radius 1 is 0.929 bits per heavy atom. The number of hydrogen-bond acceptors (Lipinski definition) is 5. The molecule has 6 heteroatoms. The molecule has 1 aliphatic rings. The Kier molecular flexibility index (Phi) is 5.63. The quantitative estimate of drug-likeness (QED) is 0.563. The van der Waals surface area contributed by atoms with E-state index in [0.29, 0.717) is 16.8 Å². The van der Waals surface area contributed by atoms with E-state index in [2.05, 4.69) is 49.8 Å². The number of piperidine rings is 1. The molecule has 28 heavy (non-hydrogen) atoms. The predicted octanol–water partition coefficient (Wildman–Crippen LogP) is 5.92. The number of aromatic nitrogens is 2. The molecule has 0 atom stereocenters. The number of halogens is 1. The molecule has 1 aliphatic heterocycles. The first-order valence-electron chi connectivity index (χ1n) is 9.66. The van der Waals surface area contributed by atoms with Gasteiger partial charge in [0.1, 0.15) is 5.02 Å². The van der Waals surface area contributed by atoms with E-state index < -0.39 is 0 Å². The first kappa shape index (κ1) is 18.6. The fourth-order valence-electron chi connectivity index (χ4n) is 3.39. The van der Waals surface area contributed by atoms with Crippen LogP contribution in [0.25, 0.3) is 0 Å². The Balaban J connectivity index is 1.48. The number of hydrogen-bond donors (Lipinski definition) is 2. The van der Waals surface area contributed by atoms with Crippen LogP contribution >= 0.6 is 11.6 Å². The first-order chi connectivity index (χ1) is 13.7. The molecular formula is C22H24ClN5. The summed E-state index contributed by atoms with van der Waals surface area (Å²) in [4.78, 5) is 11.3. The Morgan fingerprint density at radius 3 is 2.43 bits per heavy atom. The van der Waals surface area contributed by atoms with Crippen molar-refractivity contribution in [1.29, 1.82) is 0 Å². The topological polar surface area (TPSA) is 53.1 Å². The fourth-order valence-corrected chi connectivity index (χ4v) is 3.53. The molecule has 1 aromatic heterocycles. The summed E-state index contributed by atoms with van der Waals surface area (Å²) in [5, 5.41) is 7.03. The molecule has 2 N–H and O–H groups in total. The van der Waals surface area contributed by atoms with Crippen LogP contribution in [0, 0.1) is 6.92 Å². The molecule has 3 aromatic rings. The van der Waals surface area contributed by atoms with E-state index in [0.717, 1.165) is 30.0 Å². The van der Waals surface area contributed by atoms with Gasteiger partial charge in [-0.2, -0.15) is 4.98 Å². The van der Waals surface area contributed by atoms with E-state index in [-0.39, 0.29) is 0 Å². The number of benzene rings is 2. The third kappa shape index (κ3) is 4.37. The second-order valence-electron chi connectivity index (χ2n) is 7.05. The van der Waals surface area contributed by atoms with Crippen LogP contribution in [0.4, 0.5) is 28.8 Å². The lowest BCUT2D eigenvalue weighted by atomic mass is 10.1. The summed E-state index contributed by atoms with van der Waals surface area (Å²) in [6, 6.07) is 16.5. The number of aryl methyl sites for hydroxylation is 1. The van der Waals surface area contributed by atoms with Gasteiger partial charge in [-0.15, -0.1) is 0 Å². The van der Waals surface area contributed by atoms with Crippen LogP contribution in [0.15, 0.2) is 54.7 Å². The molecule has 2 heterocycles. The number of para-hydroxylation sites is 1. The lowest BCUT2D eigenvalue weighted by Crippen LogP contribution is -2.29. The summed E-state index contributed by atoms with van der Waals surface area (Å²) in [7, 11) is 0. The highest BCUT2D eigenvalue weighted by atomic mass is 35.5. The number of anilines is 5. The lowest BCUT2D eigenvalue weighted by molar-refractivity contribution is 0.578. The lowest BCUT2D eigenvalue weighted by Gasteiger charge is -2.28. The average molecular weight is 394 g/mol. The van der Waals surface area contributed by atoms with Crippen molar-refractivity contribution in [2.75, 3.05) is 28.6 Å². The molecule has 4 rings (SSSR count). The zero-order valence-corrected chi connectivity index (χ0v) is 16.7. The maximum atomic E-state index is 6.29. The van der Waals surface area contributed by atoms with Gasteiger partial charge in [-0.1, -0.05) is 29.8 Å². The molecule has 0 spiro atoms. The zero-order chi connectivity index (χ0) is 19.3. The molecule has 0 radical (unpaired) electrons. The van der Waals surface area contributed by atoms with Crippen molar-refractivity contribution >= 4 is 40.4 Å². The Morgan fingerprint density at radius 2 is 1.68 bits per heavy atom. The number of rotatable bonds is 5. The van der Waals surface area contributed by atoms with E-state index >= 15 is 0 Å². The molecule has 0 bridgehead atoms. The van der Waals surface area contributed by atoms with Crippen molar-refractivity contribution in [3.05, 3.63) is 65.3 Å². The van der Waals surface area contributed by atoms with Crippen molar-refractivity contribution in [3.8, 4) is 0 Å². The molecule has 0 unspecified atom stereocenters. The van der Waals surface area contributed by atoms with Gasteiger partial charge in [0.05, 0.1) is 6.20 Å². The van der Waals surface area contributed by atoms with Gasteiger partial charge >= 0.3 is 0 Å². The third-order valence-electron chi connectivity index (χ3n) is 4.99. The van der Waals surface area contributed by atoms with Crippen molar-refractivity contribution in [3.63, 3.8) is 0 Å². The summed E-state index contributed by atoms with van der Waals surface area (Å²) in [6.45, 7) is 4.32. The zero-order valence-electron chi connectivity index (χ0n) is 16.0. The number of nitrogens with one attached hydrogen (secondary N) is 2. The van der Waals surface area contributed by atoms with Gasteiger partial charge in [-0.05, 0) is 62.1 Å². The minimum absolute atomic E-state index is 0.481. The molecule has 0 aliphatic carbocycles. The smallest absolute Gasteiger partial charge is 0.229 e. The van der Waals surface area contributed by atoms with E-state index in [1.54, 1.807) is 6.20 Å².